The smallest absolute Gasteiger partial charge is 0.258 e. The van der Waals surface area contributed by atoms with Crippen LogP contribution in [0, 0.1) is 0 Å². The van der Waals surface area contributed by atoms with E-state index in [0.29, 0.717) is 6.61 Å². The van der Waals surface area contributed by atoms with Crippen molar-refractivity contribution in [1.29, 1.82) is 0 Å². The first kappa shape index (κ1) is 17.1. The van der Waals surface area contributed by atoms with Crippen LogP contribution in [0.15, 0.2) is 46.7 Å². The Kier molecular flexibility index (Phi) is 4.90. The van der Waals surface area contributed by atoms with Crippen LogP contribution in [0.25, 0.3) is 4.96 Å². The van der Waals surface area contributed by atoms with E-state index in [0.717, 1.165) is 49.1 Å². The highest BCUT2D eigenvalue weighted by atomic mass is 32.1. The summed E-state index contributed by atoms with van der Waals surface area (Å²) in [5, 5.41) is 1.90. The number of para-hydroxylation sites is 2. The van der Waals surface area contributed by atoms with Crippen molar-refractivity contribution < 1.29 is 9.64 Å². The number of aromatic nitrogens is 2. The molecule has 0 spiro atoms. The highest BCUT2D eigenvalue weighted by Crippen LogP contribution is 2.27. The Morgan fingerprint density at radius 3 is 2.88 bits per heavy atom. The van der Waals surface area contributed by atoms with Gasteiger partial charge in [-0.25, -0.2) is 4.98 Å². The summed E-state index contributed by atoms with van der Waals surface area (Å²) in [5.41, 5.74) is 2.07. The molecule has 7 heteroatoms. The molecule has 0 saturated carbocycles. The minimum atomic E-state index is 0.00919. The van der Waals surface area contributed by atoms with Crippen LogP contribution in [-0.2, 0) is 6.54 Å². The minimum absolute atomic E-state index is 0.00919. The molecule has 1 aliphatic rings. The van der Waals surface area contributed by atoms with Crippen LogP contribution < -0.4 is 20.1 Å². The van der Waals surface area contributed by atoms with Crippen molar-refractivity contribution in [2.75, 3.05) is 37.7 Å². The Labute approximate surface area is 156 Å². The van der Waals surface area contributed by atoms with Crippen LogP contribution in [0.2, 0.25) is 0 Å². The molecule has 0 bridgehead atoms. The maximum atomic E-state index is 12.1. The van der Waals surface area contributed by atoms with Gasteiger partial charge in [-0.05, 0) is 19.1 Å². The van der Waals surface area contributed by atoms with Gasteiger partial charge in [0.1, 0.15) is 18.0 Å². The van der Waals surface area contributed by atoms with Gasteiger partial charge in [0.15, 0.2) is 4.96 Å². The summed E-state index contributed by atoms with van der Waals surface area (Å²) in [5.74, 6) is 0.955. The third-order valence-corrected chi connectivity index (χ3v) is 5.52. The fraction of sp³-hybridized carbons (Fsp3) is 0.368. The minimum Gasteiger partial charge on any atom is -0.492 e. The number of rotatable bonds is 5. The number of fused-ring (bicyclic) bond motifs is 1. The topological polar surface area (TPSA) is 51.3 Å². The van der Waals surface area contributed by atoms with Gasteiger partial charge in [0.25, 0.3) is 5.56 Å². The predicted molar refractivity (Wildman–Crippen MR) is 104 cm³/mol. The van der Waals surface area contributed by atoms with Crippen molar-refractivity contribution in [3.63, 3.8) is 0 Å². The highest BCUT2D eigenvalue weighted by Gasteiger charge is 2.23. The molecule has 1 aliphatic heterocycles. The van der Waals surface area contributed by atoms with Crippen LogP contribution in [0.5, 0.6) is 5.75 Å². The van der Waals surface area contributed by atoms with E-state index in [-0.39, 0.29) is 5.56 Å². The van der Waals surface area contributed by atoms with Crippen LogP contribution >= 0.6 is 11.3 Å². The van der Waals surface area contributed by atoms with Gasteiger partial charge >= 0.3 is 0 Å². The Bertz CT molecular complexity index is 944. The summed E-state index contributed by atoms with van der Waals surface area (Å²) in [7, 11) is 0. The summed E-state index contributed by atoms with van der Waals surface area (Å²) in [6.07, 6.45) is 1.78. The molecule has 0 radical (unpaired) electrons. The number of hydrogen-bond acceptors (Lipinski definition) is 5. The molecule has 6 nitrogen and oxygen atoms in total. The lowest BCUT2D eigenvalue weighted by Crippen LogP contribution is -3.13. The maximum absolute atomic E-state index is 12.1. The van der Waals surface area contributed by atoms with Crippen LogP contribution in [0.4, 0.5) is 5.69 Å². The van der Waals surface area contributed by atoms with Crippen LogP contribution in [0.1, 0.15) is 12.6 Å². The standard InChI is InChI=1S/C19H22N4O2S/c1-2-25-17-6-4-3-5-16(17)22-9-7-21(8-10-22)14-15-13-18(24)23-11-12-26-19(23)20-15/h3-6,11-13H,2,7-10,14H2,1H3/p+1. The molecule has 3 aromatic rings. The fourth-order valence-electron chi connectivity index (χ4n) is 3.47. The Morgan fingerprint density at radius 1 is 1.27 bits per heavy atom. The molecule has 26 heavy (non-hydrogen) atoms. The predicted octanol–water partition coefficient (Wildman–Crippen LogP) is 1.06. The maximum Gasteiger partial charge on any atom is 0.258 e. The zero-order valence-corrected chi connectivity index (χ0v) is 15.7. The number of anilines is 1. The largest absolute Gasteiger partial charge is 0.492 e. The third kappa shape index (κ3) is 3.45. The number of ether oxygens (including phenoxy) is 1. The lowest BCUT2D eigenvalue weighted by molar-refractivity contribution is -0.914. The van der Waals surface area contributed by atoms with E-state index < -0.39 is 0 Å². The van der Waals surface area contributed by atoms with Gasteiger partial charge in [0.05, 0.1) is 38.5 Å². The molecular weight excluding hydrogens is 348 g/mol. The number of quaternary nitrogens is 1. The summed E-state index contributed by atoms with van der Waals surface area (Å²) in [6.45, 7) is 7.47. The molecule has 1 aromatic carbocycles. The van der Waals surface area contributed by atoms with Crippen molar-refractivity contribution in [2.24, 2.45) is 0 Å². The van der Waals surface area contributed by atoms with Gasteiger partial charge in [0, 0.05) is 17.6 Å². The molecule has 4 rings (SSSR count). The first-order chi connectivity index (χ1) is 12.7. The third-order valence-electron chi connectivity index (χ3n) is 4.76. The first-order valence-corrected chi connectivity index (χ1v) is 9.88. The molecule has 0 unspecified atom stereocenters. The van der Waals surface area contributed by atoms with Crippen LogP contribution in [0.3, 0.4) is 0 Å². The zero-order valence-electron chi connectivity index (χ0n) is 14.9. The number of hydrogen-bond donors (Lipinski definition) is 1. The van der Waals surface area contributed by atoms with Crippen molar-refractivity contribution in [3.05, 3.63) is 58.0 Å². The Hall–Kier alpha value is -2.38. The Balaban J connectivity index is 1.43. The lowest BCUT2D eigenvalue weighted by atomic mass is 10.2. The summed E-state index contributed by atoms with van der Waals surface area (Å²) < 4.78 is 7.37. The van der Waals surface area contributed by atoms with Crippen molar-refractivity contribution in [1.82, 2.24) is 9.38 Å². The quantitative estimate of drug-likeness (QED) is 0.729. The number of piperazine rings is 1. The van der Waals surface area contributed by atoms with E-state index in [4.69, 9.17) is 4.74 Å². The molecule has 1 saturated heterocycles. The van der Waals surface area contributed by atoms with Gasteiger partial charge in [-0.15, -0.1) is 11.3 Å². The number of nitrogens with one attached hydrogen (secondary N) is 1. The molecule has 0 aliphatic carbocycles. The fourth-order valence-corrected chi connectivity index (χ4v) is 4.21. The first-order valence-electron chi connectivity index (χ1n) is 9.00. The van der Waals surface area contributed by atoms with Gasteiger partial charge < -0.3 is 14.5 Å². The van der Waals surface area contributed by atoms with E-state index in [1.165, 1.54) is 21.9 Å². The normalized spacial score (nSPS) is 15.5. The van der Waals surface area contributed by atoms with Crippen molar-refractivity contribution >= 4 is 22.0 Å². The molecule has 136 valence electrons. The second-order valence-electron chi connectivity index (χ2n) is 6.46. The highest BCUT2D eigenvalue weighted by molar-refractivity contribution is 7.15. The number of benzene rings is 1. The number of nitrogens with zero attached hydrogens (tertiary/aromatic N) is 3. The molecule has 2 aromatic heterocycles. The van der Waals surface area contributed by atoms with E-state index in [1.807, 2.05) is 24.4 Å². The molecule has 0 amide bonds. The van der Waals surface area contributed by atoms with Crippen molar-refractivity contribution in [3.8, 4) is 5.75 Å². The summed E-state index contributed by atoms with van der Waals surface area (Å²) >= 11 is 1.50. The molecule has 1 N–H and O–H groups in total. The summed E-state index contributed by atoms with van der Waals surface area (Å²) in [4.78, 5) is 21.4. The number of thiazole rings is 1. The second kappa shape index (κ2) is 7.47. The van der Waals surface area contributed by atoms with Gasteiger partial charge in [-0.2, -0.15) is 0 Å². The second-order valence-corrected chi connectivity index (χ2v) is 7.33. The molecule has 0 atom stereocenters. The average Bonchev–Trinajstić information content (AvgIpc) is 3.12. The van der Waals surface area contributed by atoms with Crippen molar-refractivity contribution in [2.45, 2.75) is 13.5 Å². The lowest BCUT2D eigenvalue weighted by Gasteiger charge is -2.34. The average molecular weight is 371 g/mol. The monoisotopic (exact) mass is 371 g/mol. The molecular formula is C19H23N4O2S+. The summed E-state index contributed by atoms with van der Waals surface area (Å²) in [6, 6.07) is 9.91. The molecule has 3 heterocycles. The van der Waals surface area contributed by atoms with E-state index in [2.05, 4.69) is 22.0 Å². The molecule has 1 fully saturated rings. The van der Waals surface area contributed by atoms with Gasteiger partial charge in [-0.3, -0.25) is 9.20 Å². The Morgan fingerprint density at radius 2 is 2.08 bits per heavy atom. The van der Waals surface area contributed by atoms with E-state index in [1.54, 1.807) is 16.7 Å². The zero-order chi connectivity index (χ0) is 17.9. The SMILES string of the molecule is CCOc1ccccc1N1CC[NH+](Cc2cc(=O)n3ccsc3n2)CC1. The van der Waals surface area contributed by atoms with Crippen LogP contribution in [-0.4, -0.2) is 42.2 Å². The van der Waals surface area contributed by atoms with E-state index >= 15 is 0 Å². The van der Waals surface area contributed by atoms with Gasteiger partial charge in [0.2, 0.25) is 0 Å². The van der Waals surface area contributed by atoms with Gasteiger partial charge in [-0.1, -0.05) is 12.1 Å². The van der Waals surface area contributed by atoms with E-state index in [9.17, 15) is 4.79 Å².